The van der Waals surface area contributed by atoms with E-state index in [1.165, 1.54) is 41.9 Å². The smallest absolute Gasteiger partial charge is 0.186 e. The van der Waals surface area contributed by atoms with Gasteiger partial charge in [-0.3, -0.25) is 19.6 Å². The highest BCUT2D eigenvalue weighted by molar-refractivity contribution is 7.22. The molecule has 24 nitrogen and oxygen atoms in total. The second-order valence-electron chi connectivity index (χ2n) is 22.6. The third-order valence-electron chi connectivity index (χ3n) is 15.5. The van der Waals surface area contributed by atoms with E-state index in [2.05, 4.69) is 59.8 Å². The maximum Gasteiger partial charge on any atom is 0.186 e. The molecule has 0 spiro atoms. The molecule has 36 heteroatoms. The van der Waals surface area contributed by atoms with Crippen molar-refractivity contribution in [2.45, 2.75) is 101 Å². The second-order valence-corrected chi connectivity index (χ2v) is 28.9. The average Bonchev–Trinajstić information content (AvgIpc) is 0.923. The Bertz CT molecular complexity index is 6690. The van der Waals surface area contributed by atoms with Crippen molar-refractivity contribution in [2.24, 2.45) is 0 Å². The first kappa shape index (κ1) is 50.4. The highest BCUT2D eigenvalue weighted by atomic mass is 35.5. The molecule has 552 valence electrons. The maximum absolute atomic E-state index is 13.9. The van der Waals surface area contributed by atoms with E-state index in [1.54, 1.807) is 34.1 Å². The van der Waals surface area contributed by atoms with Gasteiger partial charge in [-0.25, -0.2) is 77.4 Å². The van der Waals surface area contributed by atoms with Crippen LogP contribution in [-0.2, 0) is 26.1 Å². The molecule has 0 amide bonds. The van der Waals surface area contributed by atoms with E-state index in [4.69, 9.17) is 103 Å². The fourth-order valence-corrected chi connectivity index (χ4v) is 14.1. The zero-order valence-electron chi connectivity index (χ0n) is 81.0. The van der Waals surface area contributed by atoms with Crippen LogP contribution in [0.5, 0.6) is 0 Å². The number of rotatable bonds is 16. The molecule has 4 aliphatic heterocycles. The minimum absolute atomic E-state index is 0.00117. The second kappa shape index (κ2) is 36.2. The molecule has 0 radical (unpaired) electrons. The van der Waals surface area contributed by atoms with Gasteiger partial charge < -0.3 is 21.2 Å². The molecule has 12 aromatic rings. The Morgan fingerprint density at radius 2 is 0.676 bits per heavy atom. The molecule has 12 heterocycles. The highest BCUT2D eigenvalue weighted by Crippen LogP contribution is 2.34. The topological polar surface area (TPSA) is 311 Å². The van der Waals surface area contributed by atoms with Gasteiger partial charge in [-0.1, -0.05) is 116 Å². The summed E-state index contributed by atoms with van der Waals surface area (Å²) < 4.78 is 275. The van der Waals surface area contributed by atoms with Crippen LogP contribution < -0.4 is 21.2 Å². The number of hydrogen-bond acceptors (Lipinski definition) is 28. The number of anilines is 4. The number of nitrogens with one attached hydrogen (secondary N) is 4. The van der Waals surface area contributed by atoms with E-state index >= 15 is 0 Å². The lowest BCUT2D eigenvalue weighted by Crippen LogP contribution is -2.38. The number of hydrogen-bond donors (Lipinski definition) is 4. The molecule has 0 aliphatic carbocycles. The number of benzene rings is 4. The third kappa shape index (κ3) is 19.9. The third-order valence-corrected chi connectivity index (χ3v) is 19.7. The van der Waals surface area contributed by atoms with Crippen LogP contribution in [0.3, 0.4) is 0 Å². The summed E-state index contributed by atoms with van der Waals surface area (Å²) in [5.74, 6) is -4.47. The number of halogens is 8. The van der Waals surface area contributed by atoms with E-state index in [-0.39, 0.29) is 134 Å². The number of nitriles is 4. The Balaban J connectivity index is 0.000000152. The maximum atomic E-state index is 13.9. The van der Waals surface area contributed by atoms with Gasteiger partial charge in [0.2, 0.25) is 0 Å². The predicted molar refractivity (Wildman–Crippen MR) is 413 cm³/mol. The molecular formula is C72H64Cl4F4N24S4. The SMILES string of the molecule is [2H]c1cc(C([2H])N2CC([2H])([2H])C([2H])(N([2H])c3ncnc4sc(Cl)nc34)C([2H])([2H])C2)cc(C#N)c1F.[2H]c1cc(C([2H])N2CCC([2H])(N([2H])c3ncnc4sc(Cl)nc34)CC2)cc(C#N)c1F.[2H]c1nc(N([2H])C2([2H])C([2H])([2H])CN(C([2H])c3cc([2H])c(F)c(C#N)c3)CC2([2H])[2H])c2nc(Cl)sc2n1.[2H]c1nc(N([2H])C2([2H])CCN(C([2H])c3cc([2H])c(F)c(C#N)c3)CC2)c2nc(Cl)sc2n1. The van der Waals surface area contributed by atoms with Crippen molar-refractivity contribution in [3.63, 3.8) is 0 Å². The molecule has 108 heavy (non-hydrogen) atoms. The lowest BCUT2D eigenvalue weighted by Gasteiger charge is -2.32. The molecular weight excluding hydrogens is 1550 g/mol. The van der Waals surface area contributed by atoms with Gasteiger partial charge in [0.15, 0.2) is 46.8 Å². The van der Waals surface area contributed by atoms with E-state index < -0.39 is 173 Å². The summed E-state index contributed by atoms with van der Waals surface area (Å²) in [6.07, 6.45) is -8.71. The number of fused-ring (bicyclic) bond motifs is 4. The summed E-state index contributed by atoms with van der Waals surface area (Å²) in [5, 5.41) is 38.8. The van der Waals surface area contributed by atoms with Crippen LogP contribution in [0.4, 0.5) is 40.8 Å². The minimum atomic E-state index is -2.93. The predicted octanol–water partition coefficient (Wildman–Crippen LogP) is 15.3. The van der Waals surface area contributed by atoms with E-state index in [0.29, 0.717) is 44.7 Å². The number of likely N-dealkylation sites (tertiary alicyclic amines) is 4. The van der Waals surface area contributed by atoms with Crippen molar-refractivity contribution in [3.05, 3.63) is 184 Å². The lowest BCUT2D eigenvalue weighted by molar-refractivity contribution is 0.211. The lowest BCUT2D eigenvalue weighted by atomic mass is 10.0. The van der Waals surface area contributed by atoms with Gasteiger partial charge in [0.1, 0.15) is 117 Å². The number of thiazole rings is 4. The highest BCUT2D eigenvalue weighted by Gasteiger charge is 2.27. The van der Waals surface area contributed by atoms with Crippen molar-refractivity contribution < 1.29 is 53.4 Å². The standard InChI is InChI=1S/4C18H16ClFN6S/c4*19-18-25-15-16(22-10-23-17(15)27-18)24-13-3-5-26(6-4-13)9-11-1-2-14(20)12(7-11)8-21/h4*1-2,7,10,13H,3-6,9H2,(H,22,23,24)/i2D,3D2,4D2,9D,10D,13D;2D,3D2,4D2,9D,13D;2D,9D,10D,13D;2D,9D,13D/hD4. The Hall–Kier alpha value is -9.36. The molecule has 0 saturated carbocycles. The Morgan fingerprint density at radius 3 is 0.963 bits per heavy atom. The van der Waals surface area contributed by atoms with Crippen LogP contribution in [0.15, 0.2) is 98.0 Å². The molecule has 4 N–H and O–H groups in total. The van der Waals surface area contributed by atoms with Crippen molar-refractivity contribution in [1.29, 1.82) is 21.0 Å². The van der Waals surface area contributed by atoms with Gasteiger partial charge in [0, 0.05) is 119 Å². The molecule has 4 saturated heterocycles. The largest absolute Gasteiger partial charge is 0.365 e. The summed E-state index contributed by atoms with van der Waals surface area (Å²) in [7, 11) is 0. The molecule has 8 aromatic heterocycles. The zero-order chi connectivity index (χ0) is 98.3. The summed E-state index contributed by atoms with van der Waals surface area (Å²) >= 11 is 27.9. The zero-order valence-corrected chi connectivity index (χ0v) is 61.2. The number of piperidine rings is 4. The van der Waals surface area contributed by atoms with E-state index in [1.807, 2.05) is 0 Å². The Morgan fingerprint density at radius 1 is 0.417 bits per heavy atom. The van der Waals surface area contributed by atoms with Crippen LogP contribution in [0, 0.1) is 68.6 Å². The molecule has 4 aliphatic rings. The molecule has 4 fully saturated rings. The molecule has 16 rings (SSSR count). The van der Waals surface area contributed by atoms with E-state index in [9.17, 15) is 17.6 Å². The van der Waals surface area contributed by atoms with Crippen LogP contribution in [0.2, 0.25) is 23.5 Å². The molecule has 4 aromatic carbocycles. The molecule has 0 bridgehead atoms. The summed E-state index contributed by atoms with van der Waals surface area (Å²) in [6.45, 7) is -6.34. The van der Waals surface area contributed by atoms with Gasteiger partial charge in [0.25, 0.3) is 0 Å². The van der Waals surface area contributed by atoms with Crippen LogP contribution in [0.25, 0.3) is 41.4 Å². The van der Waals surface area contributed by atoms with Gasteiger partial charge in [0.05, 0.1) is 33.2 Å². The minimum Gasteiger partial charge on any atom is -0.365 e. The normalized spacial score (nSPS) is 23.4. The van der Waals surface area contributed by atoms with Crippen molar-refractivity contribution >= 4 is 156 Å². The first-order valence-corrected chi connectivity index (χ1v) is 36.3. The van der Waals surface area contributed by atoms with Crippen molar-refractivity contribution in [3.8, 4) is 24.3 Å². The van der Waals surface area contributed by atoms with Gasteiger partial charge >= 0.3 is 0 Å². The summed E-state index contributed by atoms with van der Waals surface area (Å²) in [5.41, 5.74) is -0.292. The molecule has 4 unspecified atom stereocenters. The summed E-state index contributed by atoms with van der Waals surface area (Å²) in [6, 6.07) is 5.14. The quantitative estimate of drug-likeness (QED) is 0.0653. The van der Waals surface area contributed by atoms with Crippen molar-refractivity contribution in [2.75, 3.05) is 73.6 Å². The van der Waals surface area contributed by atoms with Gasteiger partial charge in [-0.15, -0.1) is 0 Å². The first-order valence-electron chi connectivity index (χ1n) is 44.6. The van der Waals surface area contributed by atoms with Gasteiger partial charge in [-0.05, 0) is 122 Å². The fraction of sp³-hybridized carbons (Fsp3) is 0.333. The van der Waals surface area contributed by atoms with E-state index in [0.717, 1.165) is 85.0 Å². The first-order chi connectivity index (χ1) is 62.7. The Kier molecular flexibility index (Phi) is 16.9. The monoisotopic (exact) mass is 1630 g/mol. The number of aromatic nitrogens is 12. The average molecular weight is 1640 g/mol. The number of nitrogens with zero attached hydrogens (tertiary/aromatic N) is 20. The molecule has 4 atom stereocenters. The van der Waals surface area contributed by atoms with Crippen molar-refractivity contribution in [1.82, 2.24) is 79.4 Å². The van der Waals surface area contributed by atoms with Crippen LogP contribution in [-0.4, -0.2) is 156 Å². The Labute approximate surface area is 689 Å². The van der Waals surface area contributed by atoms with Crippen LogP contribution >= 0.6 is 91.8 Å². The fourth-order valence-electron chi connectivity index (χ4n) is 10.4. The van der Waals surface area contributed by atoms with Gasteiger partial charge in [-0.2, -0.15) is 21.0 Å². The summed E-state index contributed by atoms with van der Waals surface area (Å²) in [4.78, 5) is 55.0. The van der Waals surface area contributed by atoms with Crippen LogP contribution in [0.1, 0.15) is 126 Å².